The molecular weight excluding hydrogens is 296 g/mol. The van der Waals surface area contributed by atoms with Crippen molar-refractivity contribution in [3.05, 3.63) is 47.0 Å². The summed E-state index contributed by atoms with van der Waals surface area (Å²) in [6.07, 6.45) is 3.24. The Bertz CT molecular complexity index is 684. The first-order valence-electron chi connectivity index (χ1n) is 6.97. The molecule has 2 rings (SSSR count). The number of benzene rings is 1. The van der Waals surface area contributed by atoms with Crippen molar-refractivity contribution in [2.24, 2.45) is 0 Å². The largest absolute Gasteiger partial charge is 0.497 e. The van der Waals surface area contributed by atoms with Crippen molar-refractivity contribution in [2.45, 2.75) is 26.2 Å². The average molecular weight is 316 g/mol. The van der Waals surface area contributed by atoms with Crippen LogP contribution in [0.15, 0.2) is 35.7 Å². The van der Waals surface area contributed by atoms with Gasteiger partial charge in [-0.3, -0.25) is 10.1 Å². The highest BCUT2D eigenvalue weighted by atomic mass is 32.1. The second-order valence-corrected chi connectivity index (χ2v) is 6.75. The monoisotopic (exact) mass is 316 g/mol. The van der Waals surface area contributed by atoms with Gasteiger partial charge in [0.1, 0.15) is 5.75 Å². The van der Waals surface area contributed by atoms with Gasteiger partial charge in [-0.2, -0.15) is 0 Å². The summed E-state index contributed by atoms with van der Waals surface area (Å²) < 4.78 is 5.15. The summed E-state index contributed by atoms with van der Waals surface area (Å²) >= 11 is 1.44. The van der Waals surface area contributed by atoms with Gasteiger partial charge in [-0.1, -0.05) is 32.9 Å². The number of carbonyl (C=O) groups excluding carboxylic acids is 1. The highest BCUT2D eigenvalue weighted by Gasteiger charge is 2.17. The van der Waals surface area contributed by atoms with Crippen LogP contribution in [0.1, 0.15) is 32.0 Å². The third-order valence-corrected chi connectivity index (χ3v) is 3.78. The lowest BCUT2D eigenvalue weighted by Crippen LogP contribution is -2.12. The minimum atomic E-state index is -0.197. The molecule has 0 saturated heterocycles. The number of thiazole rings is 1. The number of anilines is 1. The Kier molecular flexibility index (Phi) is 4.98. The highest BCUT2D eigenvalue weighted by molar-refractivity contribution is 7.14. The van der Waals surface area contributed by atoms with Crippen LogP contribution in [0.3, 0.4) is 0 Å². The molecule has 2 aromatic rings. The van der Waals surface area contributed by atoms with Crippen molar-refractivity contribution in [3.63, 3.8) is 0 Å². The fourth-order valence-corrected chi connectivity index (χ4v) is 2.68. The number of nitrogens with one attached hydrogen (secondary N) is 1. The zero-order valence-corrected chi connectivity index (χ0v) is 14.0. The molecule has 1 amide bonds. The number of rotatable bonds is 4. The number of methoxy groups -OCH3 is 1. The Hall–Kier alpha value is -2.14. The standard InChI is InChI=1S/C17H20N2O2S/c1-17(2,3)14-11-22-16(18-14)19-15(20)9-8-12-6-5-7-13(10-12)21-4/h5-11H,1-4H3,(H,18,19,20)/b9-8+. The van der Waals surface area contributed by atoms with Crippen LogP contribution >= 0.6 is 11.3 Å². The molecule has 0 bridgehead atoms. The maximum absolute atomic E-state index is 11.9. The maximum atomic E-state index is 11.9. The van der Waals surface area contributed by atoms with Crippen LogP contribution in [-0.2, 0) is 10.2 Å². The van der Waals surface area contributed by atoms with Crippen LogP contribution in [0.25, 0.3) is 6.08 Å². The lowest BCUT2D eigenvalue weighted by atomic mass is 9.93. The fourth-order valence-electron chi connectivity index (χ4n) is 1.74. The number of hydrogen-bond donors (Lipinski definition) is 1. The fraction of sp³-hybridized carbons (Fsp3) is 0.294. The molecule has 1 N–H and O–H groups in total. The van der Waals surface area contributed by atoms with Crippen molar-refractivity contribution in [1.29, 1.82) is 0 Å². The number of nitrogens with zero attached hydrogens (tertiary/aromatic N) is 1. The van der Waals surface area contributed by atoms with Gasteiger partial charge in [0.15, 0.2) is 5.13 Å². The number of carbonyl (C=O) groups is 1. The molecule has 0 saturated carbocycles. The summed E-state index contributed by atoms with van der Waals surface area (Å²) in [7, 11) is 1.62. The van der Waals surface area contributed by atoms with Crippen LogP contribution in [0, 0.1) is 0 Å². The third-order valence-electron chi connectivity index (χ3n) is 3.02. The zero-order valence-electron chi connectivity index (χ0n) is 13.2. The summed E-state index contributed by atoms with van der Waals surface area (Å²) in [6, 6.07) is 7.52. The second-order valence-electron chi connectivity index (χ2n) is 5.89. The van der Waals surface area contributed by atoms with E-state index in [-0.39, 0.29) is 11.3 Å². The van der Waals surface area contributed by atoms with E-state index in [0.717, 1.165) is 17.0 Å². The summed E-state index contributed by atoms with van der Waals surface area (Å²) in [4.78, 5) is 16.4. The molecule has 1 aromatic heterocycles. The van der Waals surface area contributed by atoms with Gasteiger partial charge >= 0.3 is 0 Å². The van der Waals surface area contributed by atoms with Gasteiger partial charge in [0.2, 0.25) is 5.91 Å². The van der Waals surface area contributed by atoms with Crippen molar-refractivity contribution in [2.75, 3.05) is 12.4 Å². The molecule has 0 atom stereocenters. The summed E-state index contributed by atoms with van der Waals surface area (Å²) in [6.45, 7) is 6.28. The minimum Gasteiger partial charge on any atom is -0.497 e. The molecule has 1 aromatic carbocycles. The van der Waals surface area contributed by atoms with E-state index in [2.05, 4.69) is 31.1 Å². The quantitative estimate of drug-likeness (QED) is 0.864. The second kappa shape index (κ2) is 6.75. The number of aromatic nitrogens is 1. The number of ether oxygens (including phenoxy) is 1. The van der Waals surface area contributed by atoms with Crippen molar-refractivity contribution >= 4 is 28.5 Å². The van der Waals surface area contributed by atoms with E-state index < -0.39 is 0 Å². The predicted molar refractivity (Wildman–Crippen MR) is 91.5 cm³/mol. The molecule has 0 aliphatic carbocycles. The van der Waals surface area contributed by atoms with E-state index in [0.29, 0.717) is 5.13 Å². The smallest absolute Gasteiger partial charge is 0.250 e. The van der Waals surface area contributed by atoms with Crippen molar-refractivity contribution < 1.29 is 9.53 Å². The molecule has 0 aliphatic rings. The lowest BCUT2D eigenvalue weighted by Gasteiger charge is -2.14. The van der Waals surface area contributed by atoms with E-state index in [9.17, 15) is 4.79 Å². The lowest BCUT2D eigenvalue weighted by molar-refractivity contribution is -0.111. The molecule has 5 heteroatoms. The Morgan fingerprint density at radius 3 is 2.77 bits per heavy atom. The van der Waals surface area contributed by atoms with Gasteiger partial charge in [0.05, 0.1) is 12.8 Å². The van der Waals surface area contributed by atoms with E-state index >= 15 is 0 Å². The number of amides is 1. The van der Waals surface area contributed by atoms with E-state index in [1.165, 1.54) is 17.4 Å². The molecule has 0 fully saturated rings. The minimum absolute atomic E-state index is 0.0179. The Morgan fingerprint density at radius 2 is 2.14 bits per heavy atom. The summed E-state index contributed by atoms with van der Waals surface area (Å²) in [5, 5.41) is 5.37. The summed E-state index contributed by atoms with van der Waals surface area (Å²) in [5.41, 5.74) is 1.87. The molecule has 0 radical (unpaired) electrons. The molecule has 4 nitrogen and oxygen atoms in total. The van der Waals surface area contributed by atoms with Crippen LogP contribution in [-0.4, -0.2) is 18.0 Å². The Balaban J connectivity index is 2.00. The first-order valence-corrected chi connectivity index (χ1v) is 7.85. The number of hydrogen-bond acceptors (Lipinski definition) is 4. The Labute approximate surface area is 134 Å². The van der Waals surface area contributed by atoms with Gasteiger partial charge in [-0.25, -0.2) is 4.98 Å². The Morgan fingerprint density at radius 1 is 1.36 bits per heavy atom. The molecule has 0 aliphatic heterocycles. The zero-order chi connectivity index (χ0) is 16.2. The molecule has 116 valence electrons. The van der Waals surface area contributed by atoms with Crippen LogP contribution in [0.5, 0.6) is 5.75 Å². The van der Waals surface area contributed by atoms with E-state index in [1.807, 2.05) is 29.6 Å². The average Bonchev–Trinajstić information content (AvgIpc) is 2.94. The maximum Gasteiger partial charge on any atom is 0.250 e. The topological polar surface area (TPSA) is 51.2 Å². The van der Waals surface area contributed by atoms with Crippen LogP contribution < -0.4 is 10.1 Å². The molecule has 0 spiro atoms. The van der Waals surface area contributed by atoms with Crippen LogP contribution in [0.2, 0.25) is 0 Å². The SMILES string of the molecule is COc1cccc(/C=C/C(=O)Nc2nc(C(C)(C)C)cs2)c1. The van der Waals surface area contributed by atoms with Gasteiger partial charge in [-0.15, -0.1) is 11.3 Å². The van der Waals surface area contributed by atoms with Gasteiger partial charge in [0, 0.05) is 16.9 Å². The van der Waals surface area contributed by atoms with Crippen LogP contribution in [0.4, 0.5) is 5.13 Å². The first-order chi connectivity index (χ1) is 10.4. The summed E-state index contributed by atoms with van der Waals surface area (Å²) in [5.74, 6) is 0.565. The molecule has 1 heterocycles. The predicted octanol–water partition coefficient (Wildman–Crippen LogP) is 4.10. The first kappa shape index (κ1) is 16.2. The van der Waals surface area contributed by atoms with Gasteiger partial charge in [-0.05, 0) is 23.8 Å². The van der Waals surface area contributed by atoms with Crippen molar-refractivity contribution in [1.82, 2.24) is 4.98 Å². The van der Waals surface area contributed by atoms with E-state index in [1.54, 1.807) is 13.2 Å². The normalized spacial score (nSPS) is 11.6. The highest BCUT2D eigenvalue weighted by Crippen LogP contribution is 2.26. The molecular formula is C17H20N2O2S. The van der Waals surface area contributed by atoms with Gasteiger partial charge < -0.3 is 4.74 Å². The van der Waals surface area contributed by atoms with Crippen molar-refractivity contribution in [3.8, 4) is 5.75 Å². The molecule has 0 unspecified atom stereocenters. The van der Waals surface area contributed by atoms with E-state index in [4.69, 9.17) is 4.74 Å². The van der Waals surface area contributed by atoms with Gasteiger partial charge in [0.25, 0.3) is 0 Å². The molecule has 22 heavy (non-hydrogen) atoms. The third kappa shape index (κ3) is 4.43.